The third-order valence-electron chi connectivity index (χ3n) is 2.76. The van der Waals surface area contributed by atoms with Gasteiger partial charge in [0.1, 0.15) is 0 Å². The van der Waals surface area contributed by atoms with Crippen LogP contribution < -0.4 is 0 Å². The van der Waals surface area contributed by atoms with Gasteiger partial charge in [-0.2, -0.15) is 0 Å². The van der Waals surface area contributed by atoms with Gasteiger partial charge in [-0.15, -0.1) is 5.10 Å². The maximum atomic E-state index is 10.5. The summed E-state index contributed by atoms with van der Waals surface area (Å²) in [6, 6.07) is 0. The zero-order valence-electron chi connectivity index (χ0n) is 9.99. The fourth-order valence-corrected chi connectivity index (χ4v) is 2.49. The summed E-state index contributed by atoms with van der Waals surface area (Å²) in [5, 5.41) is 20.4. The summed E-state index contributed by atoms with van der Waals surface area (Å²) in [4.78, 5) is 10.5. The van der Waals surface area contributed by atoms with Gasteiger partial charge in [0.2, 0.25) is 5.16 Å². The van der Waals surface area contributed by atoms with E-state index in [0.29, 0.717) is 11.7 Å². The number of nitrogens with zero attached hydrogens (tertiary/aromatic N) is 4. The number of carboxylic acid groups (broad SMARTS) is 1. The Balaban J connectivity index is 1.81. The van der Waals surface area contributed by atoms with E-state index in [2.05, 4.69) is 15.5 Å². The van der Waals surface area contributed by atoms with E-state index < -0.39 is 5.97 Å². The van der Waals surface area contributed by atoms with Gasteiger partial charge in [-0.05, 0) is 36.1 Å². The molecule has 0 aromatic carbocycles. The van der Waals surface area contributed by atoms with Crippen molar-refractivity contribution < 1.29 is 14.6 Å². The quantitative estimate of drug-likeness (QED) is 0.766. The minimum absolute atomic E-state index is 0.0275. The fraction of sp³-hybridized carbons (Fsp3) is 0.800. The minimum Gasteiger partial charge on any atom is -0.481 e. The summed E-state index contributed by atoms with van der Waals surface area (Å²) >= 11 is 1.13. The van der Waals surface area contributed by atoms with Crippen LogP contribution in [-0.4, -0.2) is 49.7 Å². The van der Waals surface area contributed by atoms with E-state index in [4.69, 9.17) is 9.84 Å². The summed E-state index contributed by atoms with van der Waals surface area (Å²) in [5.74, 6) is -0.898. The normalized spacial score (nSPS) is 19.9. The Hall–Kier alpha value is -1.15. The zero-order chi connectivity index (χ0) is 12.8. The molecule has 0 radical (unpaired) electrons. The maximum Gasteiger partial charge on any atom is 0.313 e. The first kappa shape index (κ1) is 13.3. The highest BCUT2D eigenvalue weighted by Gasteiger charge is 2.15. The molecule has 0 saturated carbocycles. The third kappa shape index (κ3) is 3.95. The standard InChI is InChI=1S/C10H16N4O3S/c15-9(16)7-18-10-11-12-13-14(10)5-4-8-3-1-2-6-17-8/h8H,1-7H2,(H,15,16). The molecule has 1 aliphatic rings. The van der Waals surface area contributed by atoms with E-state index in [1.807, 2.05) is 0 Å². The summed E-state index contributed by atoms with van der Waals surface area (Å²) in [7, 11) is 0. The monoisotopic (exact) mass is 272 g/mol. The molecule has 0 amide bonds. The number of aliphatic carboxylic acids is 1. The molecule has 1 aromatic rings. The van der Waals surface area contributed by atoms with Crippen molar-refractivity contribution in [3.05, 3.63) is 0 Å². The lowest BCUT2D eigenvalue weighted by Crippen LogP contribution is -2.21. The molecule has 0 aliphatic carbocycles. The molecule has 1 saturated heterocycles. The van der Waals surface area contributed by atoms with E-state index in [9.17, 15) is 4.79 Å². The molecule has 8 heteroatoms. The summed E-state index contributed by atoms with van der Waals surface area (Å²) < 4.78 is 7.28. The van der Waals surface area contributed by atoms with E-state index in [1.54, 1.807) is 4.68 Å². The Morgan fingerprint density at radius 3 is 3.17 bits per heavy atom. The molecule has 1 atom stereocenters. The molecule has 2 rings (SSSR count). The van der Waals surface area contributed by atoms with Crippen LogP contribution in [0.2, 0.25) is 0 Å². The average Bonchev–Trinajstić information content (AvgIpc) is 2.82. The van der Waals surface area contributed by atoms with E-state index in [0.717, 1.165) is 37.6 Å². The van der Waals surface area contributed by atoms with Crippen LogP contribution in [0.4, 0.5) is 0 Å². The smallest absolute Gasteiger partial charge is 0.313 e. The molecule has 1 aliphatic heterocycles. The topological polar surface area (TPSA) is 90.1 Å². The average molecular weight is 272 g/mol. The van der Waals surface area contributed by atoms with Crippen LogP contribution in [0.5, 0.6) is 0 Å². The number of carbonyl (C=O) groups is 1. The van der Waals surface area contributed by atoms with Gasteiger partial charge in [-0.25, -0.2) is 4.68 Å². The molecule has 1 aromatic heterocycles. The zero-order valence-corrected chi connectivity index (χ0v) is 10.8. The molecule has 1 fully saturated rings. The van der Waals surface area contributed by atoms with E-state index in [-0.39, 0.29) is 11.9 Å². The summed E-state index contributed by atoms with van der Waals surface area (Å²) in [6.07, 6.45) is 4.58. The molecular weight excluding hydrogens is 256 g/mol. The Morgan fingerprint density at radius 2 is 2.44 bits per heavy atom. The number of thioether (sulfide) groups is 1. The van der Waals surface area contributed by atoms with Gasteiger partial charge in [0.05, 0.1) is 11.9 Å². The predicted octanol–water partition coefficient (Wildman–Crippen LogP) is 0.809. The van der Waals surface area contributed by atoms with Crippen LogP contribution in [-0.2, 0) is 16.1 Å². The van der Waals surface area contributed by atoms with Gasteiger partial charge < -0.3 is 9.84 Å². The first-order valence-corrected chi connectivity index (χ1v) is 6.96. The van der Waals surface area contributed by atoms with Crippen molar-refractivity contribution >= 4 is 17.7 Å². The van der Waals surface area contributed by atoms with Crippen molar-refractivity contribution in [2.24, 2.45) is 0 Å². The molecule has 1 unspecified atom stereocenters. The van der Waals surface area contributed by atoms with Crippen LogP contribution in [0, 0.1) is 0 Å². The fourth-order valence-electron chi connectivity index (χ4n) is 1.87. The van der Waals surface area contributed by atoms with Gasteiger partial charge in [-0.3, -0.25) is 4.79 Å². The Labute approximate surface area is 109 Å². The van der Waals surface area contributed by atoms with Crippen LogP contribution >= 0.6 is 11.8 Å². The lowest BCUT2D eigenvalue weighted by Gasteiger charge is -2.22. The highest BCUT2D eigenvalue weighted by atomic mass is 32.2. The summed E-state index contributed by atoms with van der Waals surface area (Å²) in [5.41, 5.74) is 0. The number of aromatic nitrogens is 4. The van der Waals surface area contributed by atoms with E-state index >= 15 is 0 Å². The van der Waals surface area contributed by atoms with Gasteiger partial charge in [0.25, 0.3) is 0 Å². The number of tetrazole rings is 1. The largest absolute Gasteiger partial charge is 0.481 e. The number of hydrogen-bond acceptors (Lipinski definition) is 6. The van der Waals surface area contributed by atoms with Crippen molar-refractivity contribution in [1.29, 1.82) is 0 Å². The maximum absolute atomic E-state index is 10.5. The Morgan fingerprint density at radius 1 is 1.56 bits per heavy atom. The van der Waals surface area contributed by atoms with Gasteiger partial charge in [0.15, 0.2) is 0 Å². The molecule has 100 valence electrons. The second-order valence-electron chi connectivity index (χ2n) is 4.14. The number of carboxylic acids is 1. The van der Waals surface area contributed by atoms with Crippen LogP contribution in [0.1, 0.15) is 25.7 Å². The van der Waals surface area contributed by atoms with Gasteiger partial charge >= 0.3 is 5.97 Å². The number of aryl methyl sites for hydroxylation is 1. The predicted molar refractivity (Wildman–Crippen MR) is 64.4 cm³/mol. The SMILES string of the molecule is O=C(O)CSc1nnnn1CCC1CCCCO1. The molecule has 1 N–H and O–H groups in total. The first-order chi connectivity index (χ1) is 8.75. The molecular formula is C10H16N4O3S. The molecule has 18 heavy (non-hydrogen) atoms. The lowest BCUT2D eigenvalue weighted by atomic mass is 10.1. The Bertz CT molecular complexity index is 392. The number of hydrogen-bond donors (Lipinski definition) is 1. The van der Waals surface area contributed by atoms with Crippen molar-refractivity contribution in [2.45, 2.75) is 43.5 Å². The van der Waals surface area contributed by atoms with Crippen molar-refractivity contribution in [2.75, 3.05) is 12.4 Å². The second-order valence-corrected chi connectivity index (χ2v) is 5.09. The van der Waals surface area contributed by atoms with Crippen LogP contribution in [0.3, 0.4) is 0 Å². The first-order valence-electron chi connectivity index (χ1n) is 5.98. The molecule has 0 spiro atoms. The summed E-state index contributed by atoms with van der Waals surface area (Å²) in [6.45, 7) is 1.50. The van der Waals surface area contributed by atoms with Crippen molar-refractivity contribution in [1.82, 2.24) is 20.2 Å². The minimum atomic E-state index is -0.870. The lowest BCUT2D eigenvalue weighted by molar-refractivity contribution is -0.133. The molecule has 0 bridgehead atoms. The molecule has 7 nitrogen and oxygen atoms in total. The second kappa shape index (κ2) is 6.69. The highest BCUT2D eigenvalue weighted by Crippen LogP contribution is 2.18. The van der Waals surface area contributed by atoms with Gasteiger partial charge in [-0.1, -0.05) is 11.8 Å². The molecule has 2 heterocycles. The number of ether oxygens (including phenoxy) is 1. The van der Waals surface area contributed by atoms with Crippen molar-refractivity contribution in [3.63, 3.8) is 0 Å². The Kier molecular flexibility index (Phi) is 4.94. The van der Waals surface area contributed by atoms with Crippen LogP contribution in [0.15, 0.2) is 5.16 Å². The van der Waals surface area contributed by atoms with Crippen LogP contribution in [0.25, 0.3) is 0 Å². The number of rotatable bonds is 6. The van der Waals surface area contributed by atoms with Crippen molar-refractivity contribution in [3.8, 4) is 0 Å². The highest BCUT2D eigenvalue weighted by molar-refractivity contribution is 7.99. The van der Waals surface area contributed by atoms with E-state index in [1.165, 1.54) is 6.42 Å². The third-order valence-corrected chi connectivity index (χ3v) is 3.70. The van der Waals surface area contributed by atoms with Gasteiger partial charge in [0, 0.05) is 13.2 Å².